The summed E-state index contributed by atoms with van der Waals surface area (Å²) in [6.07, 6.45) is 1.85. The van der Waals surface area contributed by atoms with Crippen molar-refractivity contribution < 1.29 is 19.0 Å². The third-order valence-electron chi connectivity index (χ3n) is 3.10. The maximum absolute atomic E-state index is 13.3. The van der Waals surface area contributed by atoms with Crippen LogP contribution in [-0.4, -0.2) is 27.7 Å². The first kappa shape index (κ1) is 13.0. The van der Waals surface area contributed by atoms with Gasteiger partial charge in [-0.2, -0.15) is 0 Å². The van der Waals surface area contributed by atoms with Crippen LogP contribution in [0.2, 0.25) is 0 Å². The van der Waals surface area contributed by atoms with E-state index in [1.54, 1.807) is 17.0 Å². The molecule has 1 unspecified atom stereocenters. The van der Waals surface area contributed by atoms with Gasteiger partial charge in [-0.15, -0.1) is 0 Å². The van der Waals surface area contributed by atoms with Gasteiger partial charge in [0.05, 0.1) is 29.8 Å². The number of allylic oxidation sites excluding steroid dienone is 1. The van der Waals surface area contributed by atoms with Crippen LogP contribution in [0.15, 0.2) is 35.2 Å². The topological polar surface area (TPSA) is 64.3 Å². The number of hydrogen-bond donors (Lipinski definition) is 1. The minimum absolute atomic E-state index is 0.00916. The number of hydrogen-bond acceptors (Lipinski definition) is 5. The maximum Gasteiger partial charge on any atom is 0.347 e. The van der Waals surface area contributed by atoms with E-state index in [9.17, 15) is 14.3 Å². The Kier molecular flexibility index (Phi) is 3.13. The molecule has 0 saturated carbocycles. The average Bonchev–Trinajstić information content (AvgIpc) is 3.01. The number of halogens is 1. The number of ether oxygens (including phenoxy) is 1. The monoisotopic (exact) mass is 294 g/mol. The van der Waals surface area contributed by atoms with E-state index in [0.717, 1.165) is 0 Å². The van der Waals surface area contributed by atoms with Crippen LogP contribution in [-0.2, 0) is 9.53 Å². The van der Waals surface area contributed by atoms with Gasteiger partial charge >= 0.3 is 5.97 Å². The number of nitrogens with zero attached hydrogens (tertiary/aromatic N) is 2. The molecule has 0 saturated heterocycles. The Morgan fingerprint density at radius 1 is 1.60 bits per heavy atom. The summed E-state index contributed by atoms with van der Waals surface area (Å²) >= 11 is 1.19. The standard InChI is InChI=1S/C13H11FN2O3S/c1-19-13(18)12-10(17)5-11(20-12)16-6-15-8-3-2-7(14)4-9(8)16/h2-4,6,11,17H,5H2,1H3. The number of imidazole rings is 1. The lowest BCUT2D eigenvalue weighted by molar-refractivity contribution is -0.135. The van der Waals surface area contributed by atoms with Gasteiger partial charge in [0.1, 0.15) is 16.5 Å². The van der Waals surface area contributed by atoms with E-state index in [1.165, 1.54) is 31.0 Å². The molecule has 20 heavy (non-hydrogen) atoms. The highest BCUT2D eigenvalue weighted by Crippen LogP contribution is 2.45. The normalized spacial score (nSPS) is 18.8. The third kappa shape index (κ3) is 2.03. The molecular formula is C13H11FN2O3S. The predicted molar refractivity (Wildman–Crippen MR) is 72.6 cm³/mol. The van der Waals surface area contributed by atoms with E-state index in [1.807, 2.05) is 0 Å². The molecule has 3 rings (SSSR count). The molecule has 2 aromatic rings. The molecule has 0 spiro atoms. The Labute approximate surface area is 118 Å². The minimum Gasteiger partial charge on any atom is -0.511 e. The number of aliphatic hydroxyl groups is 1. The molecule has 1 aromatic heterocycles. The summed E-state index contributed by atoms with van der Waals surface area (Å²) in [4.78, 5) is 15.9. The van der Waals surface area contributed by atoms with Crippen molar-refractivity contribution in [3.05, 3.63) is 41.0 Å². The first-order chi connectivity index (χ1) is 9.60. The van der Waals surface area contributed by atoms with Crippen LogP contribution in [0.3, 0.4) is 0 Å². The SMILES string of the molecule is COC(=O)C1=C(O)CC(n2cnc3ccc(F)cc32)S1. The van der Waals surface area contributed by atoms with Crippen molar-refractivity contribution in [2.24, 2.45) is 0 Å². The fourth-order valence-electron chi connectivity index (χ4n) is 2.15. The third-order valence-corrected chi connectivity index (χ3v) is 4.41. The van der Waals surface area contributed by atoms with Gasteiger partial charge in [-0.25, -0.2) is 14.2 Å². The van der Waals surface area contributed by atoms with Crippen LogP contribution >= 0.6 is 11.8 Å². The van der Waals surface area contributed by atoms with Crippen LogP contribution in [0.25, 0.3) is 11.0 Å². The highest BCUT2D eigenvalue weighted by atomic mass is 32.2. The van der Waals surface area contributed by atoms with Crippen molar-refractivity contribution in [1.82, 2.24) is 9.55 Å². The molecule has 2 heterocycles. The molecule has 0 fully saturated rings. The van der Waals surface area contributed by atoms with E-state index in [4.69, 9.17) is 0 Å². The number of thioether (sulfide) groups is 1. The molecule has 0 amide bonds. The zero-order valence-electron chi connectivity index (χ0n) is 10.5. The number of methoxy groups -OCH3 is 1. The van der Waals surface area contributed by atoms with Crippen LogP contribution in [0, 0.1) is 5.82 Å². The van der Waals surface area contributed by atoms with E-state index in [-0.39, 0.29) is 28.3 Å². The van der Waals surface area contributed by atoms with Gasteiger partial charge in [-0.05, 0) is 18.2 Å². The summed E-state index contributed by atoms with van der Waals surface area (Å²) < 4.78 is 19.7. The summed E-state index contributed by atoms with van der Waals surface area (Å²) in [5, 5.41) is 9.60. The number of aliphatic hydroxyl groups excluding tert-OH is 1. The second kappa shape index (κ2) is 4.82. The van der Waals surface area contributed by atoms with Crippen molar-refractivity contribution >= 4 is 28.8 Å². The number of benzene rings is 1. The van der Waals surface area contributed by atoms with Crippen molar-refractivity contribution in [2.75, 3.05) is 7.11 Å². The highest BCUT2D eigenvalue weighted by Gasteiger charge is 2.31. The summed E-state index contributed by atoms with van der Waals surface area (Å²) in [5.41, 5.74) is 1.29. The van der Waals surface area contributed by atoms with Gasteiger partial charge < -0.3 is 14.4 Å². The molecular weight excluding hydrogens is 283 g/mol. The number of carbonyl (C=O) groups excluding carboxylic acids is 1. The molecule has 1 N–H and O–H groups in total. The van der Waals surface area contributed by atoms with E-state index in [2.05, 4.69) is 9.72 Å². The number of rotatable bonds is 2. The first-order valence-corrected chi connectivity index (χ1v) is 6.77. The van der Waals surface area contributed by atoms with Crippen LogP contribution < -0.4 is 0 Å². The van der Waals surface area contributed by atoms with Gasteiger partial charge in [0.25, 0.3) is 0 Å². The van der Waals surface area contributed by atoms with Crippen LogP contribution in [0.4, 0.5) is 4.39 Å². The molecule has 1 aliphatic heterocycles. The summed E-state index contributed by atoms with van der Waals surface area (Å²) in [7, 11) is 1.26. The minimum atomic E-state index is -0.564. The van der Waals surface area contributed by atoms with E-state index in [0.29, 0.717) is 11.0 Å². The number of aromatic nitrogens is 2. The zero-order valence-corrected chi connectivity index (χ0v) is 11.4. The van der Waals surface area contributed by atoms with E-state index < -0.39 is 5.97 Å². The van der Waals surface area contributed by atoms with Gasteiger partial charge in [0, 0.05) is 6.42 Å². The maximum atomic E-state index is 13.3. The second-order valence-electron chi connectivity index (χ2n) is 4.33. The molecule has 104 valence electrons. The van der Waals surface area contributed by atoms with Crippen molar-refractivity contribution in [1.29, 1.82) is 0 Å². The molecule has 1 atom stereocenters. The number of fused-ring (bicyclic) bond motifs is 1. The van der Waals surface area contributed by atoms with Gasteiger partial charge in [0.15, 0.2) is 0 Å². The Balaban J connectivity index is 1.95. The Hall–Kier alpha value is -2.02. The Morgan fingerprint density at radius 3 is 3.15 bits per heavy atom. The van der Waals surface area contributed by atoms with Gasteiger partial charge in [-0.1, -0.05) is 11.8 Å². The predicted octanol–water partition coefficient (Wildman–Crippen LogP) is 2.75. The summed E-state index contributed by atoms with van der Waals surface area (Å²) in [6.45, 7) is 0. The molecule has 1 aromatic carbocycles. The fourth-order valence-corrected chi connectivity index (χ4v) is 3.34. The Morgan fingerprint density at radius 2 is 2.40 bits per heavy atom. The molecule has 0 aliphatic carbocycles. The lowest BCUT2D eigenvalue weighted by Crippen LogP contribution is -2.03. The second-order valence-corrected chi connectivity index (χ2v) is 5.52. The summed E-state index contributed by atoms with van der Waals surface area (Å²) in [5.74, 6) is -0.927. The number of carbonyl (C=O) groups is 1. The van der Waals surface area contributed by atoms with Gasteiger partial charge in [-0.3, -0.25) is 0 Å². The van der Waals surface area contributed by atoms with Crippen molar-refractivity contribution in [3.63, 3.8) is 0 Å². The average molecular weight is 294 g/mol. The van der Waals surface area contributed by atoms with Gasteiger partial charge in [0.2, 0.25) is 0 Å². The van der Waals surface area contributed by atoms with Crippen LogP contribution in [0.5, 0.6) is 0 Å². The molecule has 1 aliphatic rings. The largest absolute Gasteiger partial charge is 0.511 e. The fraction of sp³-hybridized carbons (Fsp3) is 0.231. The van der Waals surface area contributed by atoms with Crippen molar-refractivity contribution in [2.45, 2.75) is 11.8 Å². The molecule has 0 radical (unpaired) electrons. The van der Waals surface area contributed by atoms with E-state index >= 15 is 0 Å². The van der Waals surface area contributed by atoms with Crippen molar-refractivity contribution in [3.8, 4) is 0 Å². The molecule has 5 nitrogen and oxygen atoms in total. The zero-order chi connectivity index (χ0) is 14.3. The lowest BCUT2D eigenvalue weighted by atomic mass is 10.3. The molecule has 7 heteroatoms. The quantitative estimate of drug-likeness (QED) is 0.863. The lowest BCUT2D eigenvalue weighted by Gasteiger charge is -2.12. The molecule has 0 bridgehead atoms. The smallest absolute Gasteiger partial charge is 0.347 e. The Bertz CT molecular complexity index is 725. The first-order valence-electron chi connectivity index (χ1n) is 5.89. The highest BCUT2D eigenvalue weighted by molar-refractivity contribution is 8.04. The number of esters is 1. The summed E-state index contributed by atoms with van der Waals surface area (Å²) in [6, 6.07) is 4.32. The van der Waals surface area contributed by atoms with Crippen LogP contribution in [0.1, 0.15) is 11.8 Å².